The number of aliphatic imine (C=N–C) groups is 1. The summed E-state index contributed by atoms with van der Waals surface area (Å²) in [7, 11) is 3.84. The van der Waals surface area contributed by atoms with Crippen molar-refractivity contribution < 1.29 is 0 Å². The monoisotopic (exact) mass is 153 g/mol. The molecule has 62 valence electrons. The van der Waals surface area contributed by atoms with Crippen LogP contribution in [0, 0.1) is 5.41 Å². The molecule has 0 unspecified atom stereocenters. The van der Waals surface area contributed by atoms with E-state index in [0.29, 0.717) is 0 Å². The fraction of sp³-hybridized carbons (Fsp3) is 0.500. The van der Waals surface area contributed by atoms with Gasteiger partial charge in [0.1, 0.15) is 0 Å². The van der Waals surface area contributed by atoms with E-state index < -0.39 is 0 Å². The maximum Gasteiger partial charge on any atom is 0.0361 e. The zero-order valence-electron chi connectivity index (χ0n) is 7.33. The van der Waals surface area contributed by atoms with Gasteiger partial charge in [0.15, 0.2) is 0 Å². The van der Waals surface area contributed by atoms with Crippen molar-refractivity contribution in [1.82, 2.24) is 4.90 Å². The first-order valence-electron chi connectivity index (χ1n) is 3.59. The number of allylic oxidation sites excluding steroid dienone is 1. The van der Waals surface area contributed by atoms with E-state index in [1.165, 1.54) is 6.21 Å². The van der Waals surface area contributed by atoms with E-state index in [2.05, 4.69) is 4.99 Å². The summed E-state index contributed by atoms with van der Waals surface area (Å²) in [6, 6.07) is 0. The van der Waals surface area contributed by atoms with Gasteiger partial charge in [-0.15, -0.1) is 0 Å². The van der Waals surface area contributed by atoms with Gasteiger partial charge in [-0.3, -0.25) is 4.99 Å². The van der Waals surface area contributed by atoms with Crippen LogP contribution in [0.25, 0.3) is 0 Å². The number of hydrogen-bond acceptors (Lipinski definition) is 3. The van der Waals surface area contributed by atoms with Crippen molar-refractivity contribution in [2.24, 2.45) is 4.99 Å². The molecule has 0 rings (SSSR count). The molecule has 0 aliphatic rings. The van der Waals surface area contributed by atoms with Crippen molar-refractivity contribution in [2.75, 3.05) is 20.6 Å². The van der Waals surface area contributed by atoms with E-state index in [0.717, 1.165) is 12.1 Å². The molecule has 0 atom stereocenters. The van der Waals surface area contributed by atoms with Crippen LogP contribution in [-0.2, 0) is 0 Å². The second-order valence-electron chi connectivity index (χ2n) is 2.36. The number of rotatable bonds is 4. The average Bonchev–Trinajstić information content (AvgIpc) is 1.97. The highest BCUT2D eigenvalue weighted by molar-refractivity contribution is 6.02. The van der Waals surface area contributed by atoms with Gasteiger partial charge in [0, 0.05) is 44.8 Å². The first-order chi connectivity index (χ1) is 5.20. The molecule has 11 heavy (non-hydrogen) atoms. The van der Waals surface area contributed by atoms with E-state index in [9.17, 15) is 0 Å². The standard InChI is InChI=1S/C8H15N3/c1-4-10-6-8(5-9)7-11(2)3/h5-7,9H,4H2,1-3H3/b8-7-,9-5?,10-6+. The summed E-state index contributed by atoms with van der Waals surface area (Å²) in [5.74, 6) is 0. The summed E-state index contributed by atoms with van der Waals surface area (Å²) in [4.78, 5) is 5.92. The Labute approximate surface area is 67.9 Å². The molecule has 3 heteroatoms. The fourth-order valence-electron chi connectivity index (χ4n) is 0.603. The molecule has 0 saturated heterocycles. The third kappa shape index (κ3) is 5.33. The Morgan fingerprint density at radius 2 is 2.18 bits per heavy atom. The SMILES string of the molecule is CC/N=C/C(C=N)=C\N(C)C. The lowest BCUT2D eigenvalue weighted by molar-refractivity contribution is 0.563. The Morgan fingerprint density at radius 3 is 2.55 bits per heavy atom. The van der Waals surface area contributed by atoms with Crippen molar-refractivity contribution in [3.8, 4) is 0 Å². The van der Waals surface area contributed by atoms with Crippen LogP contribution in [0.2, 0.25) is 0 Å². The Balaban J connectivity index is 4.16. The fourth-order valence-corrected chi connectivity index (χ4v) is 0.603. The maximum absolute atomic E-state index is 7.02. The molecule has 0 heterocycles. The highest BCUT2D eigenvalue weighted by Crippen LogP contribution is 1.87. The summed E-state index contributed by atoms with van der Waals surface area (Å²) in [5.41, 5.74) is 0.817. The lowest BCUT2D eigenvalue weighted by atomic mass is 10.3. The minimum atomic E-state index is 0.763. The number of nitrogens with zero attached hydrogens (tertiary/aromatic N) is 2. The molecule has 1 N–H and O–H groups in total. The summed E-state index contributed by atoms with van der Waals surface area (Å²) in [6.45, 7) is 2.73. The van der Waals surface area contributed by atoms with Gasteiger partial charge in [-0.25, -0.2) is 0 Å². The summed E-state index contributed by atoms with van der Waals surface area (Å²) in [5, 5.41) is 7.02. The highest BCUT2D eigenvalue weighted by Gasteiger charge is 1.86. The topological polar surface area (TPSA) is 39.5 Å². The highest BCUT2D eigenvalue weighted by atomic mass is 15.0. The van der Waals surface area contributed by atoms with Gasteiger partial charge in [0.2, 0.25) is 0 Å². The lowest BCUT2D eigenvalue weighted by Crippen LogP contribution is -2.04. The molecular weight excluding hydrogens is 138 g/mol. The Hall–Kier alpha value is -1.12. The zero-order valence-corrected chi connectivity index (χ0v) is 7.33. The molecule has 0 aromatic heterocycles. The molecule has 0 aromatic rings. The van der Waals surface area contributed by atoms with E-state index in [4.69, 9.17) is 5.41 Å². The molecule has 0 spiro atoms. The molecule has 0 aromatic carbocycles. The van der Waals surface area contributed by atoms with Gasteiger partial charge < -0.3 is 10.3 Å². The summed E-state index contributed by atoms with van der Waals surface area (Å²) in [6.07, 6.45) is 4.85. The average molecular weight is 153 g/mol. The zero-order chi connectivity index (χ0) is 8.69. The van der Waals surface area contributed by atoms with Crippen LogP contribution in [0.15, 0.2) is 16.8 Å². The van der Waals surface area contributed by atoms with Crippen LogP contribution in [0.1, 0.15) is 6.92 Å². The third-order valence-electron chi connectivity index (χ3n) is 0.997. The van der Waals surface area contributed by atoms with Gasteiger partial charge in [0.25, 0.3) is 0 Å². The molecule has 0 aliphatic carbocycles. The smallest absolute Gasteiger partial charge is 0.0361 e. The van der Waals surface area contributed by atoms with Crippen LogP contribution >= 0.6 is 0 Å². The molecule has 0 amide bonds. The van der Waals surface area contributed by atoms with E-state index in [1.54, 1.807) is 6.21 Å². The maximum atomic E-state index is 7.02. The van der Waals surface area contributed by atoms with Crippen molar-refractivity contribution in [1.29, 1.82) is 5.41 Å². The lowest BCUT2D eigenvalue weighted by Gasteiger charge is -2.04. The molecule has 0 radical (unpaired) electrons. The number of hydrogen-bond donors (Lipinski definition) is 1. The minimum absolute atomic E-state index is 0.763. The summed E-state index contributed by atoms with van der Waals surface area (Å²) < 4.78 is 0. The predicted octanol–water partition coefficient (Wildman–Crippen LogP) is 1.17. The predicted molar refractivity (Wildman–Crippen MR) is 49.6 cm³/mol. The van der Waals surface area contributed by atoms with Crippen LogP contribution in [0.5, 0.6) is 0 Å². The van der Waals surface area contributed by atoms with Crippen molar-refractivity contribution in [3.63, 3.8) is 0 Å². The second kappa shape index (κ2) is 5.65. The quantitative estimate of drug-likeness (QED) is 0.605. The van der Waals surface area contributed by atoms with Crippen LogP contribution in [0.3, 0.4) is 0 Å². The van der Waals surface area contributed by atoms with E-state index in [-0.39, 0.29) is 0 Å². The second-order valence-corrected chi connectivity index (χ2v) is 2.36. The third-order valence-corrected chi connectivity index (χ3v) is 0.997. The van der Waals surface area contributed by atoms with Gasteiger partial charge in [0.05, 0.1) is 0 Å². The largest absolute Gasteiger partial charge is 0.383 e. The Bertz CT molecular complexity index is 168. The van der Waals surface area contributed by atoms with Gasteiger partial charge in [-0.05, 0) is 6.92 Å². The first-order valence-corrected chi connectivity index (χ1v) is 3.59. The van der Waals surface area contributed by atoms with Gasteiger partial charge >= 0.3 is 0 Å². The molecule has 0 bridgehead atoms. The molecule has 3 nitrogen and oxygen atoms in total. The molecular formula is C8H15N3. The van der Waals surface area contributed by atoms with Crippen molar-refractivity contribution in [3.05, 3.63) is 11.8 Å². The van der Waals surface area contributed by atoms with Crippen molar-refractivity contribution in [2.45, 2.75) is 6.92 Å². The van der Waals surface area contributed by atoms with E-state index >= 15 is 0 Å². The molecule has 0 fully saturated rings. The Kier molecular flexibility index (Phi) is 5.07. The van der Waals surface area contributed by atoms with E-state index in [1.807, 2.05) is 32.1 Å². The van der Waals surface area contributed by atoms with Crippen LogP contribution < -0.4 is 0 Å². The molecule has 0 aliphatic heterocycles. The number of nitrogens with one attached hydrogen (secondary N) is 1. The first kappa shape index (κ1) is 9.88. The van der Waals surface area contributed by atoms with Crippen molar-refractivity contribution >= 4 is 12.4 Å². The van der Waals surface area contributed by atoms with Gasteiger partial charge in [-0.1, -0.05) is 0 Å². The van der Waals surface area contributed by atoms with Gasteiger partial charge in [-0.2, -0.15) is 0 Å². The normalized spacial score (nSPS) is 12.1. The van der Waals surface area contributed by atoms with Crippen LogP contribution in [-0.4, -0.2) is 38.0 Å². The Morgan fingerprint density at radius 1 is 1.55 bits per heavy atom. The summed E-state index contributed by atoms with van der Waals surface area (Å²) >= 11 is 0. The minimum Gasteiger partial charge on any atom is -0.383 e. The van der Waals surface area contributed by atoms with Crippen LogP contribution in [0.4, 0.5) is 0 Å². The molecule has 0 saturated carbocycles.